The molecule has 0 aliphatic carbocycles. The molecule has 1 atom stereocenters. The van der Waals surface area contributed by atoms with E-state index in [0.29, 0.717) is 6.42 Å². The minimum absolute atomic E-state index is 0.0188. The third-order valence-electron chi connectivity index (χ3n) is 3.69. The monoisotopic (exact) mass is 248 g/mol. The molecule has 1 aromatic carbocycles. The SMILES string of the molecule is CN(C(=O)C1Cc2ccccc2N1)C(C)(C)CO. The molecule has 1 aliphatic rings. The Labute approximate surface area is 108 Å². The number of anilines is 1. The van der Waals surface area contributed by atoms with Crippen molar-refractivity contribution in [3.8, 4) is 0 Å². The fourth-order valence-corrected chi connectivity index (χ4v) is 2.08. The van der Waals surface area contributed by atoms with Gasteiger partial charge in [-0.05, 0) is 25.5 Å². The molecular weight excluding hydrogens is 228 g/mol. The molecule has 1 aliphatic heterocycles. The Morgan fingerprint density at radius 3 is 2.78 bits per heavy atom. The van der Waals surface area contributed by atoms with E-state index in [1.54, 1.807) is 11.9 Å². The number of para-hydroxylation sites is 1. The van der Waals surface area contributed by atoms with Crippen LogP contribution in [0.15, 0.2) is 24.3 Å². The van der Waals surface area contributed by atoms with Gasteiger partial charge < -0.3 is 15.3 Å². The highest BCUT2D eigenvalue weighted by atomic mass is 16.3. The Morgan fingerprint density at radius 2 is 2.17 bits per heavy atom. The van der Waals surface area contributed by atoms with Crippen molar-refractivity contribution in [2.24, 2.45) is 0 Å². The number of amides is 1. The third kappa shape index (κ3) is 2.20. The van der Waals surface area contributed by atoms with Gasteiger partial charge >= 0.3 is 0 Å². The molecule has 0 spiro atoms. The molecule has 18 heavy (non-hydrogen) atoms. The maximum absolute atomic E-state index is 12.4. The predicted molar refractivity (Wildman–Crippen MR) is 71.5 cm³/mol. The summed E-state index contributed by atoms with van der Waals surface area (Å²) in [6.07, 6.45) is 0.709. The molecule has 0 aromatic heterocycles. The molecule has 1 aromatic rings. The Bertz CT molecular complexity index is 432. The zero-order chi connectivity index (χ0) is 13.3. The van der Waals surface area contributed by atoms with Gasteiger partial charge in [0.1, 0.15) is 6.04 Å². The van der Waals surface area contributed by atoms with E-state index < -0.39 is 5.54 Å². The first-order valence-electron chi connectivity index (χ1n) is 6.18. The quantitative estimate of drug-likeness (QED) is 0.846. The second kappa shape index (κ2) is 4.61. The van der Waals surface area contributed by atoms with Gasteiger partial charge in [0.2, 0.25) is 5.91 Å². The predicted octanol–water partition coefficient (Wildman–Crippen LogP) is 1.25. The van der Waals surface area contributed by atoms with Crippen molar-refractivity contribution in [3.05, 3.63) is 29.8 Å². The largest absolute Gasteiger partial charge is 0.394 e. The zero-order valence-electron chi connectivity index (χ0n) is 11.1. The summed E-state index contributed by atoms with van der Waals surface area (Å²) in [5.41, 5.74) is 1.67. The van der Waals surface area contributed by atoms with Gasteiger partial charge in [-0.1, -0.05) is 18.2 Å². The van der Waals surface area contributed by atoms with Gasteiger partial charge in [-0.25, -0.2) is 0 Å². The molecule has 0 bridgehead atoms. The van der Waals surface area contributed by atoms with Crippen molar-refractivity contribution in [1.29, 1.82) is 0 Å². The molecule has 1 heterocycles. The average molecular weight is 248 g/mol. The normalized spacial score (nSPS) is 18.1. The number of aliphatic hydroxyl groups excluding tert-OH is 1. The van der Waals surface area contributed by atoms with E-state index in [9.17, 15) is 9.90 Å². The van der Waals surface area contributed by atoms with Gasteiger partial charge in [0.05, 0.1) is 12.1 Å². The third-order valence-corrected chi connectivity index (χ3v) is 3.69. The lowest BCUT2D eigenvalue weighted by Crippen LogP contribution is -2.52. The minimum Gasteiger partial charge on any atom is -0.394 e. The van der Waals surface area contributed by atoms with E-state index in [1.165, 1.54) is 5.56 Å². The van der Waals surface area contributed by atoms with Crippen molar-refractivity contribution in [2.45, 2.75) is 31.8 Å². The average Bonchev–Trinajstić information content (AvgIpc) is 2.80. The molecule has 2 N–H and O–H groups in total. The van der Waals surface area contributed by atoms with Crippen LogP contribution in [0.25, 0.3) is 0 Å². The zero-order valence-corrected chi connectivity index (χ0v) is 11.1. The number of hydrogen-bond donors (Lipinski definition) is 2. The van der Waals surface area contributed by atoms with E-state index in [-0.39, 0.29) is 18.6 Å². The Hall–Kier alpha value is -1.55. The van der Waals surface area contributed by atoms with Crippen LogP contribution >= 0.6 is 0 Å². The summed E-state index contributed by atoms with van der Waals surface area (Å²) in [6, 6.07) is 7.74. The number of fused-ring (bicyclic) bond motifs is 1. The highest BCUT2D eigenvalue weighted by molar-refractivity contribution is 5.87. The molecule has 4 heteroatoms. The molecule has 0 radical (unpaired) electrons. The summed E-state index contributed by atoms with van der Waals surface area (Å²) in [5.74, 6) is 0.0188. The van der Waals surface area contributed by atoms with E-state index in [2.05, 4.69) is 5.32 Å². The Morgan fingerprint density at radius 1 is 1.50 bits per heavy atom. The lowest BCUT2D eigenvalue weighted by Gasteiger charge is -2.35. The van der Waals surface area contributed by atoms with Crippen LogP contribution in [0.5, 0.6) is 0 Å². The molecule has 0 fully saturated rings. The first kappa shape index (κ1) is 12.9. The molecule has 0 saturated carbocycles. The lowest BCUT2D eigenvalue weighted by atomic mass is 10.0. The standard InChI is InChI=1S/C14H20N2O2/c1-14(2,9-17)16(3)13(18)12-8-10-6-4-5-7-11(10)15-12/h4-7,12,15,17H,8-9H2,1-3H3. The van der Waals surface area contributed by atoms with Crippen LogP contribution < -0.4 is 5.32 Å². The summed E-state index contributed by atoms with van der Waals surface area (Å²) in [4.78, 5) is 14.0. The van der Waals surface area contributed by atoms with Crippen LogP contribution in [-0.4, -0.2) is 41.1 Å². The maximum Gasteiger partial charge on any atom is 0.245 e. The van der Waals surface area contributed by atoms with Gasteiger partial charge in [0, 0.05) is 19.2 Å². The number of hydrogen-bond acceptors (Lipinski definition) is 3. The molecule has 1 amide bonds. The summed E-state index contributed by atoms with van der Waals surface area (Å²) in [6.45, 7) is 3.66. The second-order valence-corrected chi connectivity index (χ2v) is 5.43. The van der Waals surface area contributed by atoms with Crippen LogP contribution in [0.2, 0.25) is 0 Å². The summed E-state index contributed by atoms with van der Waals surface area (Å²) >= 11 is 0. The number of likely N-dealkylation sites (N-methyl/N-ethyl adjacent to an activating group) is 1. The Kier molecular flexibility index (Phi) is 3.30. The first-order chi connectivity index (χ1) is 8.45. The van der Waals surface area contributed by atoms with E-state index >= 15 is 0 Å². The molecule has 4 nitrogen and oxygen atoms in total. The first-order valence-corrected chi connectivity index (χ1v) is 6.18. The van der Waals surface area contributed by atoms with Crippen molar-refractivity contribution >= 4 is 11.6 Å². The number of nitrogens with zero attached hydrogens (tertiary/aromatic N) is 1. The summed E-state index contributed by atoms with van der Waals surface area (Å²) in [5, 5.41) is 12.6. The van der Waals surface area contributed by atoms with Gasteiger partial charge in [0.15, 0.2) is 0 Å². The molecule has 0 saturated heterocycles. The fraction of sp³-hybridized carbons (Fsp3) is 0.500. The molecule has 2 rings (SSSR count). The minimum atomic E-state index is -0.534. The van der Waals surface area contributed by atoms with Crippen molar-refractivity contribution in [1.82, 2.24) is 4.90 Å². The number of aliphatic hydroxyl groups is 1. The van der Waals surface area contributed by atoms with Gasteiger partial charge in [-0.2, -0.15) is 0 Å². The highest BCUT2D eigenvalue weighted by Crippen LogP contribution is 2.27. The number of carbonyl (C=O) groups is 1. The molecule has 1 unspecified atom stereocenters. The Balaban J connectivity index is 2.10. The number of benzene rings is 1. The molecular formula is C14H20N2O2. The van der Waals surface area contributed by atoms with Crippen LogP contribution in [-0.2, 0) is 11.2 Å². The van der Waals surface area contributed by atoms with Gasteiger partial charge in [0.25, 0.3) is 0 Å². The van der Waals surface area contributed by atoms with Crippen LogP contribution in [0.3, 0.4) is 0 Å². The maximum atomic E-state index is 12.4. The topological polar surface area (TPSA) is 52.6 Å². The van der Waals surface area contributed by atoms with E-state index in [1.807, 2.05) is 38.1 Å². The van der Waals surface area contributed by atoms with Crippen molar-refractivity contribution in [3.63, 3.8) is 0 Å². The molecule has 98 valence electrons. The smallest absolute Gasteiger partial charge is 0.245 e. The van der Waals surface area contributed by atoms with Crippen molar-refractivity contribution < 1.29 is 9.90 Å². The highest BCUT2D eigenvalue weighted by Gasteiger charge is 2.34. The van der Waals surface area contributed by atoms with E-state index in [0.717, 1.165) is 5.69 Å². The number of nitrogens with one attached hydrogen (secondary N) is 1. The number of rotatable bonds is 3. The number of carbonyl (C=O) groups excluding carboxylic acids is 1. The van der Waals surface area contributed by atoms with Crippen molar-refractivity contribution in [2.75, 3.05) is 19.0 Å². The van der Waals surface area contributed by atoms with E-state index in [4.69, 9.17) is 0 Å². The second-order valence-electron chi connectivity index (χ2n) is 5.43. The van der Waals surface area contributed by atoms with Crippen LogP contribution in [0.4, 0.5) is 5.69 Å². The van der Waals surface area contributed by atoms with Gasteiger partial charge in [-0.3, -0.25) is 4.79 Å². The van der Waals surface area contributed by atoms with Crippen LogP contribution in [0, 0.1) is 0 Å². The van der Waals surface area contributed by atoms with Gasteiger partial charge in [-0.15, -0.1) is 0 Å². The fourth-order valence-electron chi connectivity index (χ4n) is 2.08. The summed E-state index contributed by atoms with van der Waals surface area (Å²) in [7, 11) is 1.74. The summed E-state index contributed by atoms with van der Waals surface area (Å²) < 4.78 is 0. The lowest BCUT2D eigenvalue weighted by molar-refractivity contribution is -0.136. The van der Waals surface area contributed by atoms with Crippen LogP contribution in [0.1, 0.15) is 19.4 Å².